The molecule has 1 fully saturated rings. The van der Waals surface area contributed by atoms with E-state index in [9.17, 15) is 5.26 Å². The van der Waals surface area contributed by atoms with Gasteiger partial charge in [0, 0.05) is 19.0 Å². The molecule has 1 aromatic carbocycles. The van der Waals surface area contributed by atoms with Crippen molar-refractivity contribution in [3.63, 3.8) is 0 Å². The number of halogens is 1. The lowest BCUT2D eigenvalue weighted by atomic mass is 9.75. The summed E-state index contributed by atoms with van der Waals surface area (Å²) < 4.78 is 0. The number of hydrogen-bond donors (Lipinski definition) is 0. The fraction of sp³-hybridized carbons (Fsp3) is 0.588. The maximum Gasteiger partial charge on any atom is 0.101 e. The van der Waals surface area contributed by atoms with Gasteiger partial charge in [0.25, 0.3) is 0 Å². The summed E-state index contributed by atoms with van der Waals surface area (Å²) in [6, 6.07) is 8.81. The molecular weight excluding hydrogens is 268 g/mol. The third kappa shape index (κ3) is 3.27. The molecule has 3 heteroatoms. The topological polar surface area (TPSA) is 27.0 Å². The highest BCUT2D eigenvalue weighted by atomic mass is 35.5. The van der Waals surface area contributed by atoms with Crippen molar-refractivity contribution in [3.05, 3.63) is 29.3 Å². The number of rotatable bonds is 3. The van der Waals surface area contributed by atoms with E-state index < -0.39 is 0 Å². The Bertz CT molecular complexity index is 506. The van der Waals surface area contributed by atoms with Crippen LogP contribution in [0.25, 0.3) is 0 Å². The Morgan fingerprint density at radius 3 is 2.55 bits per heavy atom. The second kappa shape index (κ2) is 6.06. The molecule has 1 aliphatic carbocycles. The van der Waals surface area contributed by atoms with Crippen molar-refractivity contribution in [1.82, 2.24) is 0 Å². The molecule has 1 saturated carbocycles. The van der Waals surface area contributed by atoms with Gasteiger partial charge in [0.05, 0.1) is 11.3 Å². The van der Waals surface area contributed by atoms with Crippen molar-refractivity contribution >= 4 is 17.3 Å². The Morgan fingerprint density at radius 2 is 2.00 bits per heavy atom. The predicted octanol–water partition coefficient (Wildman–Crippen LogP) is 4.70. The first-order valence-electron chi connectivity index (χ1n) is 7.29. The summed E-state index contributed by atoms with van der Waals surface area (Å²) in [5.41, 5.74) is 3.24. The van der Waals surface area contributed by atoms with Crippen LogP contribution >= 0.6 is 11.6 Å². The number of benzene rings is 1. The van der Waals surface area contributed by atoms with Gasteiger partial charge in [-0.3, -0.25) is 0 Å². The lowest BCUT2D eigenvalue weighted by molar-refractivity contribution is 0.222. The van der Waals surface area contributed by atoms with Crippen LogP contribution in [0.1, 0.15) is 50.7 Å². The van der Waals surface area contributed by atoms with Gasteiger partial charge in [0.15, 0.2) is 0 Å². The Balaban J connectivity index is 2.17. The monoisotopic (exact) mass is 290 g/mol. The van der Waals surface area contributed by atoms with E-state index in [1.807, 2.05) is 18.2 Å². The van der Waals surface area contributed by atoms with Crippen LogP contribution < -0.4 is 4.90 Å². The van der Waals surface area contributed by atoms with Crippen molar-refractivity contribution in [3.8, 4) is 6.07 Å². The maximum atomic E-state index is 9.35. The minimum absolute atomic E-state index is 0.455. The zero-order chi connectivity index (χ0) is 14.8. The number of hydrogen-bond acceptors (Lipinski definition) is 2. The van der Waals surface area contributed by atoms with Crippen molar-refractivity contribution in [2.75, 3.05) is 11.9 Å². The van der Waals surface area contributed by atoms with Gasteiger partial charge in [-0.25, -0.2) is 0 Å². The second-order valence-corrected chi connectivity index (χ2v) is 6.87. The fourth-order valence-electron chi connectivity index (χ4n) is 3.03. The van der Waals surface area contributed by atoms with Gasteiger partial charge in [-0.05, 0) is 48.8 Å². The van der Waals surface area contributed by atoms with Gasteiger partial charge in [-0.2, -0.15) is 5.26 Å². The molecular formula is C17H23ClN2. The molecule has 0 amide bonds. The minimum atomic E-state index is 0.455. The van der Waals surface area contributed by atoms with E-state index in [1.54, 1.807) is 0 Å². The van der Waals surface area contributed by atoms with Crippen molar-refractivity contribution in [2.45, 2.75) is 51.5 Å². The number of nitriles is 1. The molecule has 2 nitrogen and oxygen atoms in total. The Morgan fingerprint density at radius 1 is 1.35 bits per heavy atom. The lowest BCUT2D eigenvalue weighted by Gasteiger charge is -2.39. The molecule has 0 bridgehead atoms. The van der Waals surface area contributed by atoms with E-state index in [2.05, 4.69) is 31.9 Å². The van der Waals surface area contributed by atoms with E-state index in [0.29, 0.717) is 17.3 Å². The predicted molar refractivity (Wildman–Crippen MR) is 85.2 cm³/mol. The molecule has 2 rings (SSSR count). The normalized spacial score (nSPS) is 18.6. The van der Waals surface area contributed by atoms with E-state index >= 15 is 0 Å². The summed E-state index contributed by atoms with van der Waals surface area (Å²) in [4.78, 5) is 2.28. The third-order valence-corrected chi connectivity index (χ3v) is 4.88. The van der Waals surface area contributed by atoms with Crippen molar-refractivity contribution in [2.24, 2.45) is 5.41 Å². The SMILES string of the molecule is CN(c1ccc(CCl)cc1C#N)C1CCC(C)(C)CC1. The highest BCUT2D eigenvalue weighted by Gasteiger charge is 2.29. The molecule has 0 unspecified atom stereocenters. The molecule has 0 N–H and O–H groups in total. The summed E-state index contributed by atoms with van der Waals surface area (Å²) in [7, 11) is 2.11. The average Bonchev–Trinajstić information content (AvgIpc) is 2.45. The standard InChI is InChI=1S/C17H23ClN2/c1-17(2)8-6-15(7-9-17)20(3)16-5-4-13(11-18)10-14(16)12-19/h4-5,10,15H,6-9,11H2,1-3H3. The third-order valence-electron chi connectivity index (χ3n) is 4.57. The van der Waals surface area contributed by atoms with Gasteiger partial charge < -0.3 is 4.90 Å². The molecule has 0 atom stereocenters. The van der Waals surface area contributed by atoms with Gasteiger partial charge in [-0.1, -0.05) is 19.9 Å². The van der Waals surface area contributed by atoms with Gasteiger partial charge in [-0.15, -0.1) is 11.6 Å². The largest absolute Gasteiger partial charge is 0.371 e. The van der Waals surface area contributed by atoms with Crippen LogP contribution in [0.5, 0.6) is 0 Å². The highest BCUT2D eigenvalue weighted by molar-refractivity contribution is 6.17. The first-order valence-corrected chi connectivity index (χ1v) is 7.82. The summed E-state index contributed by atoms with van der Waals surface area (Å²) in [6.07, 6.45) is 4.91. The summed E-state index contributed by atoms with van der Waals surface area (Å²) in [5, 5.41) is 9.35. The smallest absolute Gasteiger partial charge is 0.101 e. The zero-order valence-electron chi connectivity index (χ0n) is 12.6. The van der Waals surface area contributed by atoms with Crippen LogP contribution in [0.2, 0.25) is 0 Å². The van der Waals surface area contributed by atoms with Gasteiger partial charge >= 0.3 is 0 Å². The Labute approximate surface area is 127 Å². The van der Waals surface area contributed by atoms with Crippen LogP contribution in [0.3, 0.4) is 0 Å². The number of alkyl halides is 1. The van der Waals surface area contributed by atoms with Gasteiger partial charge in [0.2, 0.25) is 0 Å². The van der Waals surface area contributed by atoms with Crippen LogP contribution in [0, 0.1) is 16.7 Å². The molecule has 20 heavy (non-hydrogen) atoms. The Kier molecular flexibility index (Phi) is 4.60. The van der Waals surface area contributed by atoms with E-state index in [4.69, 9.17) is 11.6 Å². The van der Waals surface area contributed by atoms with Crippen molar-refractivity contribution < 1.29 is 0 Å². The first-order chi connectivity index (χ1) is 9.46. The molecule has 0 radical (unpaired) electrons. The van der Waals surface area contributed by atoms with E-state index in [-0.39, 0.29) is 0 Å². The minimum Gasteiger partial charge on any atom is -0.371 e. The van der Waals surface area contributed by atoms with Crippen LogP contribution in [-0.2, 0) is 5.88 Å². The summed E-state index contributed by atoms with van der Waals surface area (Å²) in [6.45, 7) is 4.69. The molecule has 108 valence electrons. The lowest BCUT2D eigenvalue weighted by Crippen LogP contribution is -2.37. The molecule has 0 aromatic heterocycles. The molecule has 0 saturated heterocycles. The number of nitrogens with zero attached hydrogens (tertiary/aromatic N) is 2. The molecule has 0 aliphatic heterocycles. The first kappa shape index (κ1) is 15.2. The quantitative estimate of drug-likeness (QED) is 0.754. The summed E-state index contributed by atoms with van der Waals surface area (Å²) >= 11 is 5.84. The number of anilines is 1. The van der Waals surface area contributed by atoms with Crippen molar-refractivity contribution in [1.29, 1.82) is 5.26 Å². The van der Waals surface area contributed by atoms with Gasteiger partial charge in [0.1, 0.15) is 6.07 Å². The zero-order valence-corrected chi connectivity index (χ0v) is 13.4. The van der Waals surface area contributed by atoms with E-state index in [0.717, 1.165) is 16.8 Å². The average molecular weight is 291 g/mol. The molecule has 1 aromatic rings. The maximum absolute atomic E-state index is 9.35. The molecule has 0 spiro atoms. The van der Waals surface area contributed by atoms with Crippen LogP contribution in [0.4, 0.5) is 5.69 Å². The van der Waals surface area contributed by atoms with Crippen LogP contribution in [-0.4, -0.2) is 13.1 Å². The second-order valence-electron chi connectivity index (χ2n) is 6.60. The van der Waals surface area contributed by atoms with Crippen LogP contribution in [0.15, 0.2) is 18.2 Å². The van der Waals surface area contributed by atoms with E-state index in [1.165, 1.54) is 25.7 Å². The Hall–Kier alpha value is -1.20. The highest BCUT2D eigenvalue weighted by Crippen LogP contribution is 2.38. The fourth-order valence-corrected chi connectivity index (χ4v) is 3.20. The molecule has 0 heterocycles. The summed E-state index contributed by atoms with van der Waals surface area (Å²) in [5.74, 6) is 0.455. The molecule has 1 aliphatic rings.